The van der Waals surface area contributed by atoms with E-state index in [-0.39, 0.29) is 0 Å². The van der Waals surface area contributed by atoms with Crippen molar-refractivity contribution in [1.29, 1.82) is 0 Å². The molecule has 0 aliphatic rings. The van der Waals surface area contributed by atoms with Crippen LogP contribution in [-0.2, 0) is 0 Å². The number of hydrogen-bond acceptors (Lipinski definition) is 3. The highest BCUT2D eigenvalue weighted by atomic mass is 127. The summed E-state index contributed by atoms with van der Waals surface area (Å²) in [6, 6.07) is 1.82. The Morgan fingerprint density at radius 3 is 2.71 bits per heavy atom. The Hall–Kier alpha value is 0.0900. The summed E-state index contributed by atoms with van der Waals surface area (Å²) >= 11 is 15.3. The smallest absolute Gasteiger partial charge is 0.171 e. The number of halogens is 3. The highest BCUT2D eigenvalue weighted by Crippen LogP contribution is 2.28. The van der Waals surface area contributed by atoms with Gasteiger partial charge in [-0.3, -0.25) is 0 Å². The SMILES string of the molecule is Clc1csc(-c2ncc(I)c(Cl)n2)c1. The summed E-state index contributed by atoms with van der Waals surface area (Å²) in [5, 5.41) is 3.01. The molecule has 2 nitrogen and oxygen atoms in total. The summed E-state index contributed by atoms with van der Waals surface area (Å²) in [5.74, 6) is 0.618. The minimum Gasteiger partial charge on any atom is -0.235 e. The molecule has 2 aromatic heterocycles. The molecule has 2 aromatic rings. The van der Waals surface area contributed by atoms with Gasteiger partial charge in [-0.15, -0.1) is 11.3 Å². The van der Waals surface area contributed by atoms with Crippen LogP contribution in [0.1, 0.15) is 0 Å². The third-order valence-corrected chi connectivity index (χ3v) is 4.16. The molecule has 0 aromatic carbocycles. The van der Waals surface area contributed by atoms with Crippen molar-refractivity contribution in [3.63, 3.8) is 0 Å². The Balaban J connectivity index is 2.47. The van der Waals surface area contributed by atoms with Crippen molar-refractivity contribution in [2.75, 3.05) is 0 Å². The first kappa shape index (κ1) is 10.6. The highest BCUT2D eigenvalue weighted by Gasteiger charge is 2.07. The minimum absolute atomic E-state index is 0.472. The molecule has 0 bridgehead atoms. The molecule has 14 heavy (non-hydrogen) atoms. The zero-order valence-electron chi connectivity index (χ0n) is 6.67. The Bertz CT molecular complexity index is 472. The van der Waals surface area contributed by atoms with Gasteiger partial charge in [-0.2, -0.15) is 0 Å². The van der Waals surface area contributed by atoms with Crippen LogP contribution in [0.3, 0.4) is 0 Å². The molecule has 0 amide bonds. The van der Waals surface area contributed by atoms with E-state index in [9.17, 15) is 0 Å². The predicted molar refractivity (Wildman–Crippen MR) is 68.1 cm³/mol. The summed E-state index contributed by atoms with van der Waals surface area (Å²) in [6.45, 7) is 0. The molecule has 0 saturated carbocycles. The largest absolute Gasteiger partial charge is 0.235 e. The second-order valence-corrected chi connectivity index (χ2v) is 5.33. The zero-order valence-corrected chi connectivity index (χ0v) is 11.2. The Morgan fingerprint density at radius 2 is 2.14 bits per heavy atom. The van der Waals surface area contributed by atoms with E-state index in [4.69, 9.17) is 23.2 Å². The maximum atomic E-state index is 5.88. The third-order valence-electron chi connectivity index (χ3n) is 1.49. The van der Waals surface area contributed by atoms with Crippen molar-refractivity contribution in [2.24, 2.45) is 0 Å². The lowest BCUT2D eigenvalue weighted by molar-refractivity contribution is 1.17. The lowest BCUT2D eigenvalue weighted by Gasteiger charge is -1.97. The topological polar surface area (TPSA) is 25.8 Å². The van der Waals surface area contributed by atoms with E-state index >= 15 is 0 Å². The third kappa shape index (κ3) is 2.18. The first-order valence-electron chi connectivity index (χ1n) is 3.59. The molecule has 0 radical (unpaired) electrons. The van der Waals surface area contributed by atoms with Crippen LogP contribution in [0.4, 0.5) is 0 Å². The molecule has 0 aliphatic heterocycles. The van der Waals surface area contributed by atoms with Crippen LogP contribution in [-0.4, -0.2) is 9.97 Å². The second-order valence-electron chi connectivity index (χ2n) is 2.46. The number of aromatic nitrogens is 2. The molecule has 0 unspecified atom stereocenters. The van der Waals surface area contributed by atoms with Crippen LogP contribution in [0.15, 0.2) is 17.6 Å². The van der Waals surface area contributed by atoms with Gasteiger partial charge in [0.25, 0.3) is 0 Å². The zero-order chi connectivity index (χ0) is 10.1. The maximum Gasteiger partial charge on any atom is 0.171 e. The molecule has 2 rings (SSSR count). The second kappa shape index (κ2) is 4.30. The fourth-order valence-corrected chi connectivity index (χ4v) is 2.30. The van der Waals surface area contributed by atoms with Crippen molar-refractivity contribution >= 4 is 57.1 Å². The average molecular weight is 357 g/mol. The molecule has 0 spiro atoms. The summed E-state index contributed by atoms with van der Waals surface area (Å²) < 4.78 is 0.843. The molecule has 0 N–H and O–H groups in total. The van der Waals surface area contributed by atoms with E-state index in [2.05, 4.69) is 32.6 Å². The number of rotatable bonds is 1. The van der Waals surface area contributed by atoms with Gasteiger partial charge in [-0.25, -0.2) is 9.97 Å². The normalized spacial score (nSPS) is 10.5. The molecule has 0 fully saturated rings. The fraction of sp³-hybridized carbons (Fsp3) is 0. The molecule has 2 heterocycles. The minimum atomic E-state index is 0.472. The van der Waals surface area contributed by atoms with Gasteiger partial charge in [0.15, 0.2) is 5.82 Å². The van der Waals surface area contributed by atoms with E-state index in [0.717, 1.165) is 8.45 Å². The van der Waals surface area contributed by atoms with E-state index in [1.807, 2.05) is 11.4 Å². The first-order chi connectivity index (χ1) is 6.66. The quantitative estimate of drug-likeness (QED) is 0.567. The Labute approximate surface area is 108 Å². The maximum absolute atomic E-state index is 5.88. The van der Waals surface area contributed by atoms with Crippen molar-refractivity contribution < 1.29 is 0 Å². The van der Waals surface area contributed by atoms with Gasteiger partial charge < -0.3 is 0 Å². The molecule has 0 aliphatic carbocycles. The lowest BCUT2D eigenvalue weighted by atomic mass is 10.4. The summed E-state index contributed by atoms with van der Waals surface area (Å²) in [7, 11) is 0. The van der Waals surface area contributed by atoms with E-state index in [1.54, 1.807) is 6.20 Å². The fourth-order valence-electron chi connectivity index (χ4n) is 0.895. The number of nitrogens with zero attached hydrogens (tertiary/aromatic N) is 2. The van der Waals surface area contributed by atoms with Crippen molar-refractivity contribution in [3.8, 4) is 10.7 Å². The summed E-state index contributed by atoms with van der Waals surface area (Å²) in [5.41, 5.74) is 0. The van der Waals surface area contributed by atoms with Crippen LogP contribution in [0.25, 0.3) is 10.7 Å². The van der Waals surface area contributed by atoms with E-state index in [0.29, 0.717) is 16.0 Å². The van der Waals surface area contributed by atoms with Gasteiger partial charge in [-0.1, -0.05) is 23.2 Å². The lowest BCUT2D eigenvalue weighted by Crippen LogP contribution is -1.88. The highest BCUT2D eigenvalue weighted by molar-refractivity contribution is 14.1. The van der Waals surface area contributed by atoms with Crippen molar-refractivity contribution in [2.45, 2.75) is 0 Å². The monoisotopic (exact) mass is 356 g/mol. The van der Waals surface area contributed by atoms with Crippen LogP contribution in [0, 0.1) is 3.57 Å². The van der Waals surface area contributed by atoms with Crippen LogP contribution in [0.2, 0.25) is 10.2 Å². The van der Waals surface area contributed by atoms with Gasteiger partial charge >= 0.3 is 0 Å². The van der Waals surface area contributed by atoms with Gasteiger partial charge in [-0.05, 0) is 28.7 Å². The van der Waals surface area contributed by atoms with E-state index < -0.39 is 0 Å². The molecule has 0 saturated heterocycles. The van der Waals surface area contributed by atoms with Crippen LogP contribution >= 0.6 is 57.1 Å². The number of hydrogen-bond donors (Lipinski definition) is 0. The summed E-state index contributed by atoms with van der Waals surface area (Å²) in [4.78, 5) is 9.25. The predicted octanol–water partition coefficient (Wildman–Crippen LogP) is 4.12. The molecule has 72 valence electrons. The van der Waals surface area contributed by atoms with Crippen molar-refractivity contribution in [3.05, 3.63) is 31.4 Å². The van der Waals surface area contributed by atoms with Gasteiger partial charge in [0.05, 0.1) is 13.5 Å². The molecular formula is C8H3Cl2IN2S. The van der Waals surface area contributed by atoms with Crippen LogP contribution < -0.4 is 0 Å². The van der Waals surface area contributed by atoms with Gasteiger partial charge in [0.2, 0.25) is 0 Å². The number of thiophene rings is 1. The van der Waals surface area contributed by atoms with Gasteiger partial charge in [0.1, 0.15) is 5.15 Å². The molecular weight excluding hydrogens is 354 g/mol. The Morgan fingerprint density at radius 1 is 1.36 bits per heavy atom. The van der Waals surface area contributed by atoms with Crippen LogP contribution in [0.5, 0.6) is 0 Å². The van der Waals surface area contributed by atoms with Crippen molar-refractivity contribution in [1.82, 2.24) is 9.97 Å². The van der Waals surface area contributed by atoms with Gasteiger partial charge in [0, 0.05) is 11.6 Å². The standard InChI is InChI=1S/C8H3Cl2IN2S/c9-4-1-6(14-3-4)8-12-2-5(11)7(10)13-8/h1-3H. The molecule has 6 heteroatoms. The Kier molecular flexibility index (Phi) is 3.26. The van der Waals surface area contributed by atoms with E-state index in [1.165, 1.54) is 11.3 Å². The molecule has 0 atom stereocenters. The first-order valence-corrected chi connectivity index (χ1v) is 6.30. The average Bonchev–Trinajstić information content (AvgIpc) is 2.57. The summed E-state index contributed by atoms with van der Waals surface area (Å²) in [6.07, 6.45) is 1.69.